The number of amides is 1. The van der Waals surface area contributed by atoms with Crippen molar-refractivity contribution >= 4 is 17.6 Å². The van der Waals surface area contributed by atoms with Gasteiger partial charge in [0.25, 0.3) is 5.92 Å². The number of benzene rings is 2. The Labute approximate surface area is 265 Å². The maximum Gasteiger partial charge on any atom is 0.416 e. The van der Waals surface area contributed by atoms with Crippen LogP contribution in [-0.4, -0.2) is 85.1 Å². The molecule has 2 aromatic carbocycles. The van der Waals surface area contributed by atoms with E-state index < -0.39 is 47.9 Å². The first-order valence-electron chi connectivity index (χ1n) is 16.1. The van der Waals surface area contributed by atoms with Crippen LogP contribution in [0.2, 0.25) is 0 Å². The van der Waals surface area contributed by atoms with Gasteiger partial charge in [-0.15, -0.1) is 0 Å². The summed E-state index contributed by atoms with van der Waals surface area (Å²) in [5, 5.41) is 9.39. The van der Waals surface area contributed by atoms with Crippen LogP contribution >= 0.6 is 0 Å². The maximum atomic E-state index is 15.9. The van der Waals surface area contributed by atoms with E-state index in [9.17, 15) is 27.9 Å². The largest absolute Gasteiger partial charge is 0.497 e. The zero-order chi connectivity index (χ0) is 32.8. The van der Waals surface area contributed by atoms with Gasteiger partial charge in [-0.1, -0.05) is 31.0 Å². The van der Waals surface area contributed by atoms with Crippen LogP contribution in [0.25, 0.3) is 0 Å². The van der Waals surface area contributed by atoms with E-state index in [4.69, 9.17) is 4.74 Å². The number of aliphatic carboxylic acids is 1. The van der Waals surface area contributed by atoms with E-state index in [-0.39, 0.29) is 55.6 Å². The Kier molecular flexibility index (Phi) is 8.95. The summed E-state index contributed by atoms with van der Waals surface area (Å²) in [4.78, 5) is 30.8. The summed E-state index contributed by atoms with van der Waals surface area (Å²) in [5.41, 5.74) is 0.0629. The van der Waals surface area contributed by atoms with Gasteiger partial charge in [-0.3, -0.25) is 14.5 Å². The minimum Gasteiger partial charge on any atom is -0.497 e. The summed E-state index contributed by atoms with van der Waals surface area (Å²) in [6.45, 7) is 0.259. The van der Waals surface area contributed by atoms with Crippen LogP contribution in [-0.2, 0) is 15.8 Å². The quantitative estimate of drug-likeness (QED) is 0.359. The summed E-state index contributed by atoms with van der Waals surface area (Å²) >= 11 is 0. The third-order valence-corrected chi connectivity index (χ3v) is 10.6. The van der Waals surface area contributed by atoms with E-state index in [1.165, 1.54) is 4.90 Å². The first-order chi connectivity index (χ1) is 21.9. The van der Waals surface area contributed by atoms with Crippen LogP contribution in [0.1, 0.15) is 67.1 Å². The standard InChI is InChI=1S/C34H40F5N3O4/c1-46-25-9-6-21(7-10-25)27-17-41(24-4-2-3-5-24)18-28(27)31(43)42-19-29(33(35,36)20-42)26-11-8-23(34(37,38)39)16-30(26)40-14-12-22(13-15-40)32(44)45/h6-11,16,22,24,27-29H,2-5,12-15,17-20H2,1H3,(H,44,45)/t27-,28+,29?/m0/s1. The molecule has 250 valence electrons. The van der Waals surface area contributed by atoms with E-state index in [2.05, 4.69) is 4.90 Å². The van der Waals surface area contributed by atoms with Crippen LogP contribution in [0, 0.1) is 11.8 Å². The lowest BCUT2D eigenvalue weighted by atomic mass is 9.88. The van der Waals surface area contributed by atoms with Crippen molar-refractivity contribution in [2.24, 2.45) is 11.8 Å². The highest BCUT2D eigenvalue weighted by atomic mass is 19.4. The second kappa shape index (κ2) is 12.7. The number of alkyl halides is 5. The summed E-state index contributed by atoms with van der Waals surface area (Å²) < 4.78 is 78.4. The van der Waals surface area contributed by atoms with Gasteiger partial charge < -0.3 is 19.6 Å². The van der Waals surface area contributed by atoms with Gasteiger partial charge in [-0.25, -0.2) is 8.78 Å². The lowest BCUT2D eigenvalue weighted by molar-refractivity contribution is -0.142. The first kappa shape index (κ1) is 32.5. The fourth-order valence-electron chi connectivity index (χ4n) is 8.01. The minimum atomic E-state index is -4.68. The second-order valence-electron chi connectivity index (χ2n) is 13.3. The highest BCUT2D eigenvalue weighted by Gasteiger charge is 2.54. The molecule has 0 spiro atoms. The van der Waals surface area contributed by atoms with Crippen molar-refractivity contribution in [2.45, 2.75) is 68.5 Å². The molecule has 0 radical (unpaired) electrons. The molecule has 46 heavy (non-hydrogen) atoms. The third kappa shape index (κ3) is 6.41. The van der Waals surface area contributed by atoms with Crippen LogP contribution in [0.5, 0.6) is 5.75 Å². The monoisotopic (exact) mass is 649 g/mol. The topological polar surface area (TPSA) is 73.3 Å². The highest BCUT2D eigenvalue weighted by Crippen LogP contribution is 2.47. The molecule has 6 rings (SSSR count). The SMILES string of the molecule is COc1ccc([C@@H]2CN(C3CCCC3)C[C@H]2C(=O)N2CC(c3ccc(C(F)(F)F)cc3N3CCC(C(=O)O)CC3)C(F)(F)C2)cc1. The van der Waals surface area contributed by atoms with Gasteiger partial charge in [-0.05, 0) is 61.1 Å². The molecule has 12 heteroatoms. The Morgan fingerprint density at radius 1 is 0.935 bits per heavy atom. The number of carbonyl (C=O) groups excluding carboxylic acids is 1. The molecular weight excluding hydrogens is 609 g/mol. The Morgan fingerprint density at radius 2 is 1.61 bits per heavy atom. The van der Waals surface area contributed by atoms with Crippen molar-refractivity contribution in [1.82, 2.24) is 9.80 Å². The Morgan fingerprint density at radius 3 is 2.22 bits per heavy atom. The number of likely N-dealkylation sites (tertiary alicyclic amines) is 2. The van der Waals surface area contributed by atoms with E-state index in [1.54, 1.807) is 12.0 Å². The molecule has 0 bridgehead atoms. The molecule has 1 saturated carbocycles. The molecule has 1 unspecified atom stereocenters. The molecule has 1 aliphatic carbocycles. The zero-order valence-corrected chi connectivity index (χ0v) is 25.8. The number of ether oxygens (including phenoxy) is 1. The number of hydrogen-bond acceptors (Lipinski definition) is 5. The number of methoxy groups -OCH3 is 1. The number of nitrogens with zero attached hydrogens (tertiary/aromatic N) is 3. The van der Waals surface area contributed by atoms with Crippen molar-refractivity contribution in [2.75, 3.05) is 51.3 Å². The van der Waals surface area contributed by atoms with Crippen LogP contribution in [0.15, 0.2) is 42.5 Å². The van der Waals surface area contributed by atoms with Gasteiger partial charge in [-0.2, -0.15) is 13.2 Å². The van der Waals surface area contributed by atoms with Gasteiger partial charge in [0.15, 0.2) is 0 Å². The fourth-order valence-corrected chi connectivity index (χ4v) is 8.01. The van der Waals surface area contributed by atoms with Crippen LogP contribution < -0.4 is 9.64 Å². The van der Waals surface area contributed by atoms with Gasteiger partial charge in [0.2, 0.25) is 5.91 Å². The van der Waals surface area contributed by atoms with E-state index in [0.717, 1.165) is 49.4 Å². The molecule has 3 aliphatic heterocycles. The summed E-state index contributed by atoms with van der Waals surface area (Å²) in [5.74, 6) is -6.90. The number of carboxylic acids is 1. The normalized spacial score (nSPS) is 26.2. The average Bonchev–Trinajstić information content (AvgIpc) is 3.79. The van der Waals surface area contributed by atoms with Crippen molar-refractivity contribution in [3.63, 3.8) is 0 Å². The van der Waals surface area contributed by atoms with Gasteiger partial charge >= 0.3 is 12.1 Å². The van der Waals surface area contributed by atoms with Gasteiger partial charge in [0, 0.05) is 50.4 Å². The van der Waals surface area contributed by atoms with Crippen LogP contribution in [0.3, 0.4) is 0 Å². The lowest BCUT2D eigenvalue weighted by Crippen LogP contribution is -2.39. The number of carbonyl (C=O) groups is 2. The van der Waals surface area contributed by atoms with E-state index >= 15 is 8.78 Å². The second-order valence-corrected chi connectivity index (χ2v) is 13.3. The molecule has 0 aromatic heterocycles. The molecule has 4 fully saturated rings. The third-order valence-electron chi connectivity index (χ3n) is 10.6. The summed E-state index contributed by atoms with van der Waals surface area (Å²) in [6.07, 6.45) is 0.0378. The molecule has 4 aliphatic rings. The predicted octanol–water partition coefficient (Wildman–Crippen LogP) is 6.23. The number of halogens is 5. The van der Waals surface area contributed by atoms with Gasteiger partial charge in [0.1, 0.15) is 5.75 Å². The predicted molar refractivity (Wildman–Crippen MR) is 161 cm³/mol. The van der Waals surface area contributed by atoms with Crippen LogP contribution in [0.4, 0.5) is 27.6 Å². The molecule has 2 aromatic rings. The highest BCUT2D eigenvalue weighted by molar-refractivity contribution is 5.81. The number of carboxylic acid groups (broad SMARTS) is 1. The van der Waals surface area contributed by atoms with E-state index in [0.29, 0.717) is 24.9 Å². The lowest BCUT2D eigenvalue weighted by Gasteiger charge is -2.35. The van der Waals surface area contributed by atoms with Crippen molar-refractivity contribution in [1.29, 1.82) is 0 Å². The number of anilines is 1. The van der Waals surface area contributed by atoms with Crippen molar-refractivity contribution < 1.29 is 41.4 Å². The van der Waals surface area contributed by atoms with Crippen molar-refractivity contribution in [3.05, 3.63) is 59.2 Å². The molecule has 3 saturated heterocycles. The summed E-state index contributed by atoms with van der Waals surface area (Å²) in [7, 11) is 1.57. The number of rotatable bonds is 7. The summed E-state index contributed by atoms with van der Waals surface area (Å²) in [6, 6.07) is 10.7. The van der Waals surface area contributed by atoms with E-state index in [1.807, 2.05) is 24.3 Å². The smallest absolute Gasteiger partial charge is 0.416 e. The molecule has 1 amide bonds. The molecule has 3 atom stereocenters. The average molecular weight is 650 g/mol. The minimum absolute atomic E-state index is 0.0297. The van der Waals surface area contributed by atoms with Gasteiger partial charge in [0.05, 0.1) is 37.0 Å². The Hall–Kier alpha value is -3.41. The zero-order valence-electron chi connectivity index (χ0n) is 25.8. The molecule has 3 heterocycles. The Bertz CT molecular complexity index is 1420. The molecule has 7 nitrogen and oxygen atoms in total. The number of hydrogen-bond donors (Lipinski definition) is 1. The first-order valence-corrected chi connectivity index (χ1v) is 16.1. The van der Waals surface area contributed by atoms with Crippen molar-refractivity contribution in [3.8, 4) is 5.75 Å². The Balaban J connectivity index is 1.28. The molecule has 1 N–H and O–H groups in total. The maximum absolute atomic E-state index is 15.9. The fraction of sp³-hybridized carbons (Fsp3) is 0.588. The number of piperidine rings is 1. The molecular formula is C34H40F5N3O4.